The predicted octanol–water partition coefficient (Wildman–Crippen LogP) is 1.56. The Balaban J connectivity index is 1.34. The lowest BCUT2D eigenvalue weighted by molar-refractivity contribution is -0.143. The van der Waals surface area contributed by atoms with Crippen LogP contribution in [0.2, 0.25) is 0 Å². The molecule has 0 bridgehead atoms. The number of hydrogen-bond donors (Lipinski definition) is 1. The number of benzene rings is 1. The van der Waals surface area contributed by atoms with Gasteiger partial charge in [-0.05, 0) is 19.2 Å². The van der Waals surface area contributed by atoms with Crippen LogP contribution >= 0.6 is 11.3 Å². The lowest BCUT2D eigenvalue weighted by atomic mass is 10.2. The van der Waals surface area contributed by atoms with E-state index in [1.807, 2.05) is 11.9 Å². The number of para-hydroxylation sites is 1. The molecule has 2 aromatic rings. The molecule has 1 aromatic carbocycles. The van der Waals surface area contributed by atoms with Gasteiger partial charge in [-0.15, -0.1) is 11.3 Å². The molecule has 3 heterocycles. The standard InChI is InChI=1S/C19H22FN5O2S/c1-23-7-6-14-16(12-23)28-19(21-14)22-17(26)18(27)25-10-8-24(9-11-25)15-5-3-2-4-13(15)20/h2-5H,6-12H2,1H3,(H,21,22,26). The van der Waals surface area contributed by atoms with E-state index in [1.54, 1.807) is 18.2 Å². The molecule has 1 aromatic heterocycles. The highest BCUT2D eigenvalue weighted by Crippen LogP contribution is 2.27. The van der Waals surface area contributed by atoms with Gasteiger partial charge in [0.25, 0.3) is 0 Å². The van der Waals surface area contributed by atoms with Gasteiger partial charge in [0.15, 0.2) is 5.13 Å². The number of piperazine rings is 1. The first-order chi connectivity index (χ1) is 13.5. The van der Waals surface area contributed by atoms with Crippen molar-refractivity contribution in [3.8, 4) is 0 Å². The number of nitrogens with one attached hydrogen (secondary N) is 1. The normalized spacial score (nSPS) is 17.4. The summed E-state index contributed by atoms with van der Waals surface area (Å²) >= 11 is 1.43. The molecule has 4 rings (SSSR count). The van der Waals surface area contributed by atoms with E-state index < -0.39 is 11.8 Å². The van der Waals surface area contributed by atoms with Crippen LogP contribution in [0.15, 0.2) is 24.3 Å². The van der Waals surface area contributed by atoms with Gasteiger partial charge in [-0.2, -0.15) is 0 Å². The van der Waals surface area contributed by atoms with Gasteiger partial charge in [0.05, 0.1) is 11.4 Å². The second-order valence-corrected chi connectivity index (χ2v) is 8.15. The third-order valence-electron chi connectivity index (χ3n) is 5.10. The van der Waals surface area contributed by atoms with Gasteiger partial charge in [0.2, 0.25) is 0 Å². The lowest BCUT2D eigenvalue weighted by Crippen LogP contribution is -2.51. The predicted molar refractivity (Wildman–Crippen MR) is 106 cm³/mol. The highest BCUT2D eigenvalue weighted by atomic mass is 32.1. The second kappa shape index (κ2) is 7.84. The van der Waals surface area contributed by atoms with Crippen LogP contribution in [0.25, 0.3) is 0 Å². The Bertz CT molecular complexity index is 894. The van der Waals surface area contributed by atoms with E-state index in [4.69, 9.17) is 0 Å². The molecule has 28 heavy (non-hydrogen) atoms. The fourth-order valence-electron chi connectivity index (χ4n) is 3.53. The number of carbonyl (C=O) groups is 2. The molecule has 2 amide bonds. The molecule has 0 spiro atoms. The SMILES string of the molecule is CN1CCc2nc(NC(=O)C(=O)N3CCN(c4ccccc4F)CC3)sc2C1. The summed E-state index contributed by atoms with van der Waals surface area (Å²) in [4.78, 5) is 36.1. The summed E-state index contributed by atoms with van der Waals surface area (Å²) in [6, 6.07) is 6.58. The van der Waals surface area contributed by atoms with Crippen molar-refractivity contribution < 1.29 is 14.0 Å². The maximum atomic E-state index is 13.9. The number of carbonyl (C=O) groups excluding carboxylic acids is 2. The zero-order valence-electron chi connectivity index (χ0n) is 15.7. The minimum atomic E-state index is -0.668. The Morgan fingerprint density at radius 3 is 2.64 bits per heavy atom. The number of amides is 2. The number of halogens is 1. The summed E-state index contributed by atoms with van der Waals surface area (Å²) < 4.78 is 13.9. The summed E-state index contributed by atoms with van der Waals surface area (Å²) in [5, 5.41) is 3.12. The van der Waals surface area contributed by atoms with Crippen molar-refractivity contribution in [3.63, 3.8) is 0 Å². The first-order valence-corrected chi connectivity index (χ1v) is 10.1. The third-order valence-corrected chi connectivity index (χ3v) is 6.09. The molecule has 1 fully saturated rings. The van der Waals surface area contributed by atoms with E-state index in [2.05, 4.69) is 15.2 Å². The maximum absolute atomic E-state index is 13.9. The number of nitrogens with zero attached hydrogens (tertiary/aromatic N) is 4. The highest BCUT2D eigenvalue weighted by molar-refractivity contribution is 7.16. The van der Waals surface area contributed by atoms with E-state index in [1.165, 1.54) is 22.3 Å². The second-order valence-electron chi connectivity index (χ2n) is 7.06. The van der Waals surface area contributed by atoms with Crippen molar-refractivity contribution in [2.24, 2.45) is 0 Å². The zero-order chi connectivity index (χ0) is 19.7. The molecule has 2 aliphatic rings. The van der Waals surface area contributed by atoms with Crippen LogP contribution in [0.4, 0.5) is 15.2 Å². The Morgan fingerprint density at radius 1 is 1.14 bits per heavy atom. The molecule has 0 unspecified atom stereocenters. The van der Waals surface area contributed by atoms with Gasteiger partial charge in [0, 0.05) is 50.6 Å². The molecule has 1 saturated heterocycles. The summed E-state index contributed by atoms with van der Waals surface area (Å²) in [6.07, 6.45) is 0.851. The fraction of sp³-hybridized carbons (Fsp3) is 0.421. The Labute approximate surface area is 166 Å². The van der Waals surface area contributed by atoms with Crippen molar-refractivity contribution in [2.45, 2.75) is 13.0 Å². The van der Waals surface area contributed by atoms with E-state index >= 15 is 0 Å². The minimum Gasteiger partial charge on any atom is -0.366 e. The minimum absolute atomic E-state index is 0.279. The molecule has 2 aliphatic heterocycles. The largest absolute Gasteiger partial charge is 0.366 e. The molecule has 9 heteroatoms. The number of rotatable bonds is 2. The van der Waals surface area contributed by atoms with Crippen molar-refractivity contribution in [1.29, 1.82) is 0 Å². The molecular weight excluding hydrogens is 381 g/mol. The quantitative estimate of drug-likeness (QED) is 0.771. The average molecular weight is 403 g/mol. The lowest BCUT2D eigenvalue weighted by Gasteiger charge is -2.35. The molecule has 1 N–H and O–H groups in total. The van der Waals surface area contributed by atoms with Crippen LogP contribution in [0.3, 0.4) is 0 Å². The van der Waals surface area contributed by atoms with E-state index in [-0.39, 0.29) is 5.82 Å². The molecule has 0 saturated carbocycles. The number of likely N-dealkylation sites (N-methyl/N-ethyl adjacent to an activating group) is 1. The number of anilines is 2. The van der Waals surface area contributed by atoms with Gasteiger partial charge in [-0.3, -0.25) is 14.9 Å². The third kappa shape index (κ3) is 3.85. The van der Waals surface area contributed by atoms with Crippen molar-refractivity contribution >= 4 is 34.0 Å². The summed E-state index contributed by atoms with van der Waals surface area (Å²) in [5.41, 5.74) is 1.53. The molecule has 0 radical (unpaired) electrons. The van der Waals surface area contributed by atoms with Crippen LogP contribution in [0.5, 0.6) is 0 Å². The fourth-order valence-corrected chi connectivity index (χ4v) is 4.61. The van der Waals surface area contributed by atoms with E-state index in [9.17, 15) is 14.0 Å². The molecule has 0 aliphatic carbocycles. The Hall–Kier alpha value is -2.52. The van der Waals surface area contributed by atoms with Gasteiger partial charge in [-0.1, -0.05) is 12.1 Å². The van der Waals surface area contributed by atoms with Crippen LogP contribution in [0, 0.1) is 5.82 Å². The number of fused-ring (bicyclic) bond motifs is 1. The molecule has 148 valence electrons. The van der Waals surface area contributed by atoms with Crippen LogP contribution in [-0.2, 0) is 22.6 Å². The van der Waals surface area contributed by atoms with E-state index in [0.29, 0.717) is 37.0 Å². The first kappa shape index (κ1) is 18.8. The van der Waals surface area contributed by atoms with Crippen molar-refractivity contribution in [3.05, 3.63) is 40.7 Å². The average Bonchev–Trinajstić information content (AvgIpc) is 3.09. The van der Waals surface area contributed by atoms with Crippen molar-refractivity contribution in [2.75, 3.05) is 50.0 Å². The maximum Gasteiger partial charge on any atom is 0.315 e. The summed E-state index contributed by atoms with van der Waals surface area (Å²) in [5.74, 6) is -1.52. The monoisotopic (exact) mass is 403 g/mol. The zero-order valence-corrected chi connectivity index (χ0v) is 16.5. The number of hydrogen-bond acceptors (Lipinski definition) is 6. The van der Waals surface area contributed by atoms with Crippen molar-refractivity contribution in [1.82, 2.24) is 14.8 Å². The van der Waals surface area contributed by atoms with Crippen LogP contribution in [-0.4, -0.2) is 66.4 Å². The number of aromatic nitrogens is 1. The highest BCUT2D eigenvalue weighted by Gasteiger charge is 2.28. The van der Waals surface area contributed by atoms with Gasteiger partial charge in [-0.25, -0.2) is 9.37 Å². The summed E-state index contributed by atoms with van der Waals surface area (Å²) in [7, 11) is 2.05. The van der Waals surface area contributed by atoms with Crippen LogP contribution in [0.1, 0.15) is 10.6 Å². The molecule has 0 atom stereocenters. The number of thiazole rings is 1. The Kier molecular flexibility index (Phi) is 5.27. The van der Waals surface area contributed by atoms with Gasteiger partial charge in [0.1, 0.15) is 5.82 Å². The van der Waals surface area contributed by atoms with Gasteiger partial charge < -0.3 is 14.7 Å². The Morgan fingerprint density at radius 2 is 1.89 bits per heavy atom. The van der Waals surface area contributed by atoms with Gasteiger partial charge >= 0.3 is 11.8 Å². The first-order valence-electron chi connectivity index (χ1n) is 9.28. The topological polar surface area (TPSA) is 68.8 Å². The van der Waals surface area contributed by atoms with Crippen LogP contribution < -0.4 is 10.2 Å². The summed E-state index contributed by atoms with van der Waals surface area (Å²) in [6.45, 7) is 3.47. The molecular formula is C19H22FN5O2S. The smallest absolute Gasteiger partial charge is 0.315 e. The molecule has 7 nitrogen and oxygen atoms in total. The van der Waals surface area contributed by atoms with E-state index in [0.717, 1.165) is 30.1 Å².